The number of aromatic amines is 1. The number of carbonyl (C=O) groups is 2. The van der Waals surface area contributed by atoms with Gasteiger partial charge in [0.15, 0.2) is 5.82 Å². The van der Waals surface area contributed by atoms with Crippen molar-refractivity contribution in [2.45, 2.75) is 32.6 Å². The second kappa shape index (κ2) is 7.87. The number of urea groups is 1. The second-order valence-corrected chi connectivity index (χ2v) is 9.30. The largest absolute Gasteiger partial charge is 0.508 e. The van der Waals surface area contributed by atoms with Crippen LogP contribution in [0.5, 0.6) is 5.75 Å². The van der Waals surface area contributed by atoms with Gasteiger partial charge < -0.3 is 14.6 Å². The average molecular weight is 457 g/mol. The number of nitrogens with one attached hydrogen (secondary N) is 3. The lowest BCUT2D eigenvalue weighted by Crippen LogP contribution is -2.20. The van der Waals surface area contributed by atoms with E-state index in [0.29, 0.717) is 35.1 Å². The first-order valence-corrected chi connectivity index (χ1v) is 10.8. The van der Waals surface area contributed by atoms with Gasteiger partial charge in [-0.05, 0) is 47.5 Å². The van der Waals surface area contributed by atoms with Crippen molar-refractivity contribution in [3.8, 4) is 5.75 Å². The number of pyridine rings is 1. The summed E-state index contributed by atoms with van der Waals surface area (Å²) in [6.07, 6.45) is 3.90. The number of phenols is 1. The van der Waals surface area contributed by atoms with Crippen molar-refractivity contribution in [2.24, 2.45) is 0 Å². The number of aromatic hydroxyl groups is 1. The third-order valence-electron chi connectivity index (χ3n) is 5.61. The highest BCUT2D eigenvalue weighted by atomic mass is 16.5. The number of amides is 2. The van der Waals surface area contributed by atoms with E-state index in [9.17, 15) is 14.7 Å². The number of nitrogens with zero attached hydrogens (tertiary/aromatic N) is 2. The summed E-state index contributed by atoms with van der Waals surface area (Å²) < 4.78 is 5.27. The molecule has 4 aromatic rings. The highest BCUT2D eigenvalue weighted by molar-refractivity contribution is 6.13. The summed E-state index contributed by atoms with van der Waals surface area (Å²) in [6, 6.07) is 9.54. The minimum absolute atomic E-state index is 0.125. The topological polar surface area (TPSA) is 133 Å². The van der Waals surface area contributed by atoms with Crippen molar-refractivity contribution in [3.05, 3.63) is 70.7 Å². The number of benzene rings is 1. The number of rotatable bonds is 4. The van der Waals surface area contributed by atoms with E-state index in [1.165, 1.54) is 0 Å². The molecule has 9 nitrogen and oxygen atoms in total. The van der Waals surface area contributed by atoms with Gasteiger partial charge in [-0.25, -0.2) is 9.78 Å². The number of hydrogen-bond acceptors (Lipinski definition) is 6. The number of aromatic nitrogens is 3. The first kappa shape index (κ1) is 21.4. The Morgan fingerprint density at radius 2 is 1.88 bits per heavy atom. The fraction of sp³-hybridized carbons (Fsp3) is 0.200. The number of anilines is 2. The van der Waals surface area contributed by atoms with E-state index >= 15 is 0 Å². The van der Waals surface area contributed by atoms with Crippen molar-refractivity contribution < 1.29 is 19.2 Å². The molecule has 9 heteroatoms. The van der Waals surface area contributed by atoms with Crippen molar-refractivity contribution in [2.75, 3.05) is 10.6 Å². The van der Waals surface area contributed by atoms with Crippen LogP contribution in [-0.4, -0.2) is 32.0 Å². The summed E-state index contributed by atoms with van der Waals surface area (Å²) in [5.74, 6) is 1.34. The Labute approximate surface area is 194 Å². The molecule has 0 fully saturated rings. The predicted octanol–water partition coefficient (Wildman–Crippen LogP) is 5.02. The third kappa shape index (κ3) is 4.15. The number of fused-ring (bicyclic) bond motifs is 2. The number of carbonyl (C=O) groups excluding carboxylic acids is 2. The Kier molecular flexibility index (Phi) is 4.97. The van der Waals surface area contributed by atoms with Gasteiger partial charge in [-0.3, -0.25) is 15.4 Å². The number of phenolic OH excluding ortho intramolecular Hbond substituents is 1. The minimum Gasteiger partial charge on any atom is -0.508 e. The molecule has 0 saturated heterocycles. The second-order valence-electron chi connectivity index (χ2n) is 9.30. The molecule has 172 valence electrons. The van der Waals surface area contributed by atoms with Gasteiger partial charge in [0.1, 0.15) is 17.3 Å². The van der Waals surface area contributed by atoms with Crippen LogP contribution in [0.15, 0.2) is 52.7 Å². The van der Waals surface area contributed by atoms with E-state index in [0.717, 1.165) is 22.0 Å². The normalized spacial score (nSPS) is 13.0. The maximum atomic E-state index is 13.0. The smallest absolute Gasteiger partial charge is 0.326 e. The van der Waals surface area contributed by atoms with Crippen LogP contribution >= 0.6 is 0 Å². The van der Waals surface area contributed by atoms with E-state index in [2.05, 4.69) is 25.8 Å². The Bertz CT molecular complexity index is 1470. The molecular weight excluding hydrogens is 434 g/mol. The van der Waals surface area contributed by atoms with Crippen molar-refractivity contribution in [1.82, 2.24) is 15.1 Å². The van der Waals surface area contributed by atoms with Crippen LogP contribution in [0.1, 0.15) is 48.1 Å². The van der Waals surface area contributed by atoms with E-state index < -0.39 is 6.03 Å². The maximum absolute atomic E-state index is 13.0. The summed E-state index contributed by atoms with van der Waals surface area (Å²) in [7, 11) is 0. The summed E-state index contributed by atoms with van der Waals surface area (Å²) >= 11 is 0. The third-order valence-corrected chi connectivity index (χ3v) is 5.61. The van der Waals surface area contributed by atoms with E-state index in [-0.39, 0.29) is 16.9 Å². The standard InChI is InChI=1S/C25H23N5O4/c1-25(2,3)20-11-22(30-34-20)29-24(33)28-21-10-13-6-15(7-16(13)12-26-21)23(32)19-9-14-8-17(31)4-5-18(14)27-19/h4-6,8-12,27,31H,7H2,1-3H3,(H2,26,28,29,30,33). The number of H-pyrrole nitrogens is 1. The number of ketones is 1. The summed E-state index contributed by atoms with van der Waals surface area (Å²) in [4.78, 5) is 32.8. The summed E-state index contributed by atoms with van der Waals surface area (Å²) in [6.45, 7) is 5.96. The first-order chi connectivity index (χ1) is 16.2. The van der Waals surface area contributed by atoms with E-state index in [1.54, 1.807) is 48.7 Å². The lowest BCUT2D eigenvalue weighted by Gasteiger charge is -2.12. The quantitative estimate of drug-likeness (QED) is 0.318. The molecule has 2 amide bonds. The fourth-order valence-corrected chi connectivity index (χ4v) is 3.81. The lowest BCUT2D eigenvalue weighted by molar-refractivity contribution is 0.103. The summed E-state index contributed by atoms with van der Waals surface area (Å²) in [5, 5.41) is 19.6. The highest BCUT2D eigenvalue weighted by Gasteiger charge is 2.23. The van der Waals surface area contributed by atoms with Gasteiger partial charge in [-0.15, -0.1) is 0 Å². The Balaban J connectivity index is 1.29. The molecule has 1 aliphatic rings. The first-order valence-electron chi connectivity index (χ1n) is 10.8. The predicted molar refractivity (Wildman–Crippen MR) is 128 cm³/mol. The van der Waals surface area contributed by atoms with Crippen LogP contribution in [0.3, 0.4) is 0 Å². The number of allylic oxidation sites excluding steroid dienone is 1. The molecule has 34 heavy (non-hydrogen) atoms. The fourth-order valence-electron chi connectivity index (χ4n) is 3.81. The monoisotopic (exact) mass is 457 g/mol. The Hall–Kier alpha value is -4.40. The van der Waals surface area contributed by atoms with Gasteiger partial charge in [0.2, 0.25) is 5.78 Å². The molecule has 1 aliphatic carbocycles. The molecular formula is C25H23N5O4. The van der Waals surface area contributed by atoms with Crippen LogP contribution < -0.4 is 10.6 Å². The zero-order chi connectivity index (χ0) is 24.0. The molecule has 3 heterocycles. The SMILES string of the molecule is CC(C)(C)c1cc(NC(=O)Nc2cc3c(cn2)CC(C(=O)c2cc4cc(O)ccc4[nH]2)=C3)no1. The molecule has 5 rings (SSSR count). The average Bonchev–Trinajstić information content (AvgIpc) is 3.49. The molecule has 0 radical (unpaired) electrons. The minimum atomic E-state index is -0.499. The zero-order valence-electron chi connectivity index (χ0n) is 18.9. The molecule has 0 atom stereocenters. The van der Waals surface area contributed by atoms with Crippen LogP contribution in [0.25, 0.3) is 17.0 Å². The van der Waals surface area contributed by atoms with Gasteiger partial charge >= 0.3 is 6.03 Å². The maximum Gasteiger partial charge on any atom is 0.326 e. The van der Waals surface area contributed by atoms with Crippen molar-refractivity contribution >= 4 is 40.4 Å². The Morgan fingerprint density at radius 3 is 2.65 bits per heavy atom. The van der Waals surface area contributed by atoms with E-state index in [1.807, 2.05) is 20.8 Å². The zero-order valence-corrected chi connectivity index (χ0v) is 18.9. The van der Waals surface area contributed by atoms with Gasteiger partial charge in [-0.1, -0.05) is 25.9 Å². The molecule has 0 aliphatic heterocycles. The number of Topliss-reactive ketones (excluding diaryl/α,β-unsaturated/α-hetero) is 1. The van der Waals surface area contributed by atoms with Crippen molar-refractivity contribution in [1.29, 1.82) is 0 Å². The van der Waals surface area contributed by atoms with Gasteiger partial charge in [0.25, 0.3) is 0 Å². The number of hydrogen-bond donors (Lipinski definition) is 4. The molecule has 0 spiro atoms. The summed E-state index contributed by atoms with van der Waals surface area (Å²) in [5.41, 5.74) is 3.34. The van der Waals surface area contributed by atoms with Crippen LogP contribution in [0.2, 0.25) is 0 Å². The molecule has 0 bridgehead atoms. The van der Waals surface area contributed by atoms with Gasteiger partial charge in [0, 0.05) is 40.6 Å². The van der Waals surface area contributed by atoms with Crippen LogP contribution in [-0.2, 0) is 11.8 Å². The molecule has 0 saturated carbocycles. The van der Waals surface area contributed by atoms with E-state index in [4.69, 9.17) is 4.52 Å². The lowest BCUT2D eigenvalue weighted by atomic mass is 9.93. The molecule has 0 unspecified atom stereocenters. The van der Waals surface area contributed by atoms with Gasteiger partial charge in [0.05, 0.1) is 5.69 Å². The Morgan fingerprint density at radius 1 is 1.09 bits per heavy atom. The van der Waals surface area contributed by atoms with Crippen LogP contribution in [0, 0.1) is 0 Å². The molecule has 3 aromatic heterocycles. The highest BCUT2D eigenvalue weighted by Crippen LogP contribution is 2.30. The van der Waals surface area contributed by atoms with Gasteiger partial charge in [-0.2, -0.15) is 0 Å². The molecule has 1 aromatic carbocycles. The van der Waals surface area contributed by atoms with Crippen LogP contribution in [0.4, 0.5) is 16.4 Å². The molecule has 4 N–H and O–H groups in total. The van der Waals surface area contributed by atoms with Crippen molar-refractivity contribution in [3.63, 3.8) is 0 Å².